The van der Waals surface area contributed by atoms with Crippen LogP contribution in [0.1, 0.15) is 18.4 Å². The lowest BCUT2D eigenvalue weighted by Gasteiger charge is -2.35. The normalized spacial score (nSPS) is 20.3. The molecule has 2 aliphatic rings. The highest BCUT2D eigenvalue weighted by Gasteiger charge is 2.31. The molecule has 0 radical (unpaired) electrons. The largest absolute Gasteiger partial charge is 0.392 e. The maximum atomic E-state index is 12.2. The lowest BCUT2D eigenvalue weighted by molar-refractivity contribution is -0.127. The van der Waals surface area contributed by atoms with Gasteiger partial charge < -0.3 is 10.0 Å². The first-order valence-electron chi connectivity index (χ1n) is 8.15. The molecule has 1 atom stereocenters. The molecule has 1 heterocycles. The smallest absolute Gasteiger partial charge is 0.246 e. The van der Waals surface area contributed by atoms with E-state index in [1.807, 2.05) is 41.3 Å². The molecular weight excluding hydrogens is 312 g/mol. The number of amides is 1. The van der Waals surface area contributed by atoms with Gasteiger partial charge in [0.05, 0.1) is 6.10 Å². The van der Waals surface area contributed by atoms with Crippen molar-refractivity contribution >= 4 is 24.4 Å². The van der Waals surface area contributed by atoms with E-state index < -0.39 is 0 Å². The molecule has 0 bridgehead atoms. The Hall–Kier alpha value is -1.36. The topological polar surface area (TPSA) is 43.8 Å². The minimum Gasteiger partial charge on any atom is -0.392 e. The van der Waals surface area contributed by atoms with E-state index in [0.717, 1.165) is 38.3 Å². The Morgan fingerprint density at radius 1 is 1.17 bits per heavy atom. The molecule has 1 unspecified atom stereocenters. The molecule has 1 aromatic carbocycles. The van der Waals surface area contributed by atoms with Gasteiger partial charge in [-0.25, -0.2) is 0 Å². The molecule has 1 aliphatic carbocycles. The van der Waals surface area contributed by atoms with Crippen LogP contribution in [0.2, 0.25) is 0 Å². The van der Waals surface area contributed by atoms with Gasteiger partial charge >= 0.3 is 0 Å². The van der Waals surface area contributed by atoms with Gasteiger partial charge in [0.1, 0.15) is 0 Å². The van der Waals surface area contributed by atoms with Gasteiger partial charge in [-0.2, -0.15) is 0 Å². The number of nitrogens with zero attached hydrogens (tertiary/aromatic N) is 2. The summed E-state index contributed by atoms with van der Waals surface area (Å²) in [5.74, 6) is 0.597. The number of benzene rings is 1. The van der Waals surface area contributed by atoms with E-state index in [4.69, 9.17) is 0 Å². The highest BCUT2D eigenvalue weighted by molar-refractivity contribution is 5.91. The van der Waals surface area contributed by atoms with Crippen LogP contribution in [0.15, 0.2) is 36.4 Å². The maximum absolute atomic E-state index is 12.2. The van der Waals surface area contributed by atoms with Crippen molar-refractivity contribution in [1.82, 2.24) is 9.80 Å². The first-order chi connectivity index (χ1) is 10.7. The monoisotopic (exact) mass is 336 g/mol. The molecule has 2 fully saturated rings. The van der Waals surface area contributed by atoms with Gasteiger partial charge in [0.2, 0.25) is 5.91 Å². The molecule has 3 rings (SSSR count). The molecule has 5 heteroatoms. The van der Waals surface area contributed by atoms with Crippen LogP contribution in [-0.4, -0.2) is 59.6 Å². The Morgan fingerprint density at radius 3 is 2.43 bits per heavy atom. The summed E-state index contributed by atoms with van der Waals surface area (Å²) in [6, 6.07) is 9.87. The van der Waals surface area contributed by atoms with Crippen molar-refractivity contribution in [2.24, 2.45) is 5.92 Å². The van der Waals surface area contributed by atoms with Crippen LogP contribution in [0.4, 0.5) is 0 Å². The van der Waals surface area contributed by atoms with E-state index in [9.17, 15) is 9.90 Å². The summed E-state index contributed by atoms with van der Waals surface area (Å²) in [5, 5.41) is 9.99. The zero-order chi connectivity index (χ0) is 15.4. The van der Waals surface area contributed by atoms with Crippen LogP contribution in [0.3, 0.4) is 0 Å². The molecule has 1 saturated heterocycles. The van der Waals surface area contributed by atoms with Crippen LogP contribution in [0, 0.1) is 5.92 Å². The van der Waals surface area contributed by atoms with Crippen LogP contribution in [0.5, 0.6) is 0 Å². The van der Waals surface area contributed by atoms with E-state index in [-0.39, 0.29) is 24.4 Å². The third kappa shape index (κ3) is 5.34. The summed E-state index contributed by atoms with van der Waals surface area (Å²) in [6.07, 6.45) is 5.68. The van der Waals surface area contributed by atoms with Crippen molar-refractivity contribution in [2.45, 2.75) is 18.9 Å². The molecule has 23 heavy (non-hydrogen) atoms. The minimum atomic E-state index is -0.180. The summed E-state index contributed by atoms with van der Waals surface area (Å²) in [5.41, 5.74) is 1.04. The fourth-order valence-corrected chi connectivity index (χ4v) is 2.88. The van der Waals surface area contributed by atoms with Gasteiger partial charge in [-0.05, 0) is 30.4 Å². The predicted octanol–water partition coefficient (Wildman–Crippen LogP) is 2.04. The number of β-amino-alcohol motifs (C(OH)–C–C–N with tert-alkyl or cyclic N) is 1. The number of hydrogen-bond donors (Lipinski definition) is 1. The first kappa shape index (κ1) is 18.0. The van der Waals surface area contributed by atoms with E-state index in [1.54, 1.807) is 6.08 Å². The maximum Gasteiger partial charge on any atom is 0.246 e. The first-order valence-corrected chi connectivity index (χ1v) is 8.15. The second-order valence-electron chi connectivity index (χ2n) is 6.27. The lowest BCUT2D eigenvalue weighted by Crippen LogP contribution is -2.50. The van der Waals surface area contributed by atoms with Crippen LogP contribution in [-0.2, 0) is 4.79 Å². The quantitative estimate of drug-likeness (QED) is 0.837. The fraction of sp³-hybridized carbons (Fsp3) is 0.500. The van der Waals surface area contributed by atoms with E-state index >= 15 is 0 Å². The number of piperazine rings is 1. The Morgan fingerprint density at radius 2 is 1.83 bits per heavy atom. The van der Waals surface area contributed by atoms with Crippen molar-refractivity contribution in [3.8, 4) is 0 Å². The van der Waals surface area contributed by atoms with Crippen molar-refractivity contribution in [1.29, 1.82) is 0 Å². The molecule has 1 saturated carbocycles. The predicted molar refractivity (Wildman–Crippen MR) is 94.5 cm³/mol. The molecule has 1 amide bonds. The second-order valence-corrected chi connectivity index (χ2v) is 6.27. The van der Waals surface area contributed by atoms with E-state index in [0.29, 0.717) is 5.92 Å². The van der Waals surface area contributed by atoms with E-state index in [1.165, 1.54) is 12.8 Å². The zero-order valence-electron chi connectivity index (χ0n) is 13.3. The third-order valence-electron chi connectivity index (χ3n) is 4.51. The Bertz CT molecular complexity index is 523. The van der Waals surface area contributed by atoms with Gasteiger partial charge in [0, 0.05) is 38.8 Å². The van der Waals surface area contributed by atoms with Crippen molar-refractivity contribution in [3.63, 3.8) is 0 Å². The summed E-state index contributed by atoms with van der Waals surface area (Å²) in [4.78, 5) is 16.3. The van der Waals surface area contributed by atoms with Crippen molar-refractivity contribution in [2.75, 3.05) is 32.7 Å². The molecule has 0 aromatic heterocycles. The number of hydrogen-bond acceptors (Lipinski definition) is 3. The van der Waals surface area contributed by atoms with Gasteiger partial charge in [0.25, 0.3) is 0 Å². The van der Waals surface area contributed by atoms with Gasteiger partial charge in [-0.3, -0.25) is 9.69 Å². The minimum absolute atomic E-state index is 0. The Balaban J connectivity index is 0.00000192. The molecular formula is C18H25ClN2O2. The molecule has 0 spiro atoms. The average Bonchev–Trinajstić information content (AvgIpc) is 3.39. The van der Waals surface area contributed by atoms with Crippen LogP contribution >= 0.6 is 12.4 Å². The number of carbonyl (C=O) groups excluding carboxylic acids is 1. The highest BCUT2D eigenvalue weighted by atomic mass is 35.5. The number of aliphatic hydroxyl groups is 1. The summed E-state index contributed by atoms with van der Waals surface area (Å²) in [7, 11) is 0. The van der Waals surface area contributed by atoms with Gasteiger partial charge in [-0.15, -0.1) is 12.4 Å². The molecule has 1 aromatic rings. The Labute approximate surface area is 144 Å². The number of halogens is 1. The van der Waals surface area contributed by atoms with Crippen LogP contribution in [0.25, 0.3) is 6.08 Å². The third-order valence-corrected chi connectivity index (χ3v) is 4.51. The fourth-order valence-electron chi connectivity index (χ4n) is 2.88. The molecule has 1 N–H and O–H groups in total. The zero-order valence-corrected chi connectivity index (χ0v) is 14.1. The number of rotatable bonds is 5. The van der Waals surface area contributed by atoms with Crippen molar-refractivity contribution < 1.29 is 9.90 Å². The van der Waals surface area contributed by atoms with Crippen LogP contribution < -0.4 is 0 Å². The second kappa shape index (κ2) is 8.48. The molecule has 1 aliphatic heterocycles. The summed E-state index contributed by atoms with van der Waals surface area (Å²) >= 11 is 0. The van der Waals surface area contributed by atoms with Gasteiger partial charge in [-0.1, -0.05) is 30.3 Å². The van der Waals surface area contributed by atoms with Gasteiger partial charge in [0.15, 0.2) is 0 Å². The molecule has 4 nitrogen and oxygen atoms in total. The SMILES string of the molecule is Cl.O=C(/C=C/c1ccccc1)N1CCN(CC(O)C2CC2)CC1. The Kier molecular flexibility index (Phi) is 6.63. The molecule has 126 valence electrons. The average molecular weight is 337 g/mol. The highest BCUT2D eigenvalue weighted by Crippen LogP contribution is 2.32. The lowest BCUT2D eigenvalue weighted by atomic mass is 10.2. The number of aliphatic hydroxyl groups excluding tert-OH is 1. The summed E-state index contributed by atoms with van der Waals surface area (Å²) < 4.78 is 0. The number of carbonyl (C=O) groups is 1. The standard InChI is InChI=1S/C18H24N2O2.ClH/c21-17(16-7-8-16)14-19-10-12-20(13-11-19)18(22)9-6-15-4-2-1-3-5-15;/h1-6,9,16-17,21H,7-8,10-14H2;1H/b9-6+;. The van der Waals surface area contributed by atoms with E-state index in [2.05, 4.69) is 4.90 Å². The summed E-state index contributed by atoms with van der Waals surface area (Å²) in [6.45, 7) is 3.96. The van der Waals surface area contributed by atoms with Crippen molar-refractivity contribution in [3.05, 3.63) is 42.0 Å².